The molecule has 0 saturated heterocycles. The van der Waals surface area contributed by atoms with Crippen molar-refractivity contribution in [1.82, 2.24) is 0 Å². The van der Waals surface area contributed by atoms with Crippen LogP contribution in [0.4, 0.5) is 5.69 Å². The van der Waals surface area contributed by atoms with Gasteiger partial charge < -0.3 is 18.1 Å². The average molecular weight is 686 g/mol. The molecule has 0 fully saturated rings. The van der Waals surface area contributed by atoms with Crippen molar-refractivity contribution in [1.29, 1.82) is 0 Å². The number of rotatable bonds is 19. The van der Waals surface area contributed by atoms with Crippen LogP contribution in [0.5, 0.6) is 23.0 Å². The highest BCUT2D eigenvalue weighted by Gasteiger charge is 2.40. The Labute approximate surface area is 293 Å². The molecule has 248 valence electrons. The highest BCUT2D eigenvalue weighted by Crippen LogP contribution is 2.61. The van der Waals surface area contributed by atoms with E-state index < -0.39 is 17.1 Å². The van der Waals surface area contributed by atoms with E-state index in [1.54, 1.807) is 0 Å². The Morgan fingerprint density at radius 2 is 0.653 bits per heavy atom. The molecule has 0 aliphatic rings. The van der Waals surface area contributed by atoms with Crippen molar-refractivity contribution in [2.45, 2.75) is 25.7 Å². The molecule has 0 N–H and O–H groups in total. The van der Waals surface area contributed by atoms with Crippen LogP contribution in [0.3, 0.4) is 0 Å². The largest absolute Gasteiger partial charge is 0.426 e. The SMILES string of the molecule is C=CCc1ccccc1OP(Oc1ccccc1CC=C)N(c1ccccc1)P(Oc1ccccc1CC=C)Oc1ccccc1CC=C. The molecule has 0 aromatic heterocycles. The molecule has 0 amide bonds. The Hall–Kier alpha value is -5.08. The normalized spacial score (nSPS) is 10.7. The monoisotopic (exact) mass is 685 g/mol. The molecule has 5 rings (SSSR count). The third-order valence-corrected chi connectivity index (χ3v) is 10.7. The Bertz CT molecular complexity index is 1620. The summed E-state index contributed by atoms with van der Waals surface area (Å²) in [6.07, 6.45) is 9.98. The maximum Gasteiger partial charge on any atom is 0.426 e. The molecule has 0 aliphatic carbocycles. The average Bonchev–Trinajstić information content (AvgIpc) is 3.12. The number of anilines is 1. The number of hydrogen-bond donors (Lipinski definition) is 0. The van der Waals surface area contributed by atoms with Crippen LogP contribution in [-0.2, 0) is 25.7 Å². The van der Waals surface area contributed by atoms with Gasteiger partial charge in [0, 0.05) is 0 Å². The summed E-state index contributed by atoms with van der Waals surface area (Å²) in [5.41, 5.74) is 4.75. The molecular weight excluding hydrogens is 644 g/mol. The fourth-order valence-corrected chi connectivity index (χ4v) is 8.33. The fourth-order valence-electron chi connectivity index (χ4n) is 5.01. The topological polar surface area (TPSA) is 40.2 Å². The lowest BCUT2D eigenvalue weighted by Gasteiger charge is -2.35. The van der Waals surface area contributed by atoms with E-state index in [4.69, 9.17) is 18.1 Å². The lowest BCUT2D eigenvalue weighted by Crippen LogP contribution is -2.23. The van der Waals surface area contributed by atoms with Crippen molar-refractivity contribution in [2.75, 3.05) is 4.44 Å². The first-order chi connectivity index (χ1) is 24.1. The Balaban J connectivity index is 1.71. The first kappa shape index (κ1) is 35.2. The molecule has 0 radical (unpaired) electrons. The van der Waals surface area contributed by atoms with Crippen molar-refractivity contribution in [3.63, 3.8) is 0 Å². The van der Waals surface area contributed by atoms with Gasteiger partial charge in [-0.3, -0.25) is 0 Å². The number of hydrogen-bond acceptors (Lipinski definition) is 5. The minimum absolute atomic E-state index is 0.628. The Morgan fingerprint density at radius 1 is 0.388 bits per heavy atom. The zero-order valence-corrected chi connectivity index (χ0v) is 29.4. The quantitative estimate of drug-likeness (QED) is 0.0639. The van der Waals surface area contributed by atoms with Crippen molar-refractivity contribution < 1.29 is 18.1 Å². The lowest BCUT2D eigenvalue weighted by molar-refractivity contribution is 0.465. The van der Waals surface area contributed by atoms with Crippen LogP contribution in [0.2, 0.25) is 0 Å². The zero-order valence-electron chi connectivity index (χ0n) is 27.6. The van der Waals surface area contributed by atoms with Gasteiger partial charge in [0.05, 0.1) is 5.69 Å². The summed E-state index contributed by atoms with van der Waals surface area (Å²) >= 11 is 0. The second kappa shape index (κ2) is 18.5. The van der Waals surface area contributed by atoms with Gasteiger partial charge in [-0.1, -0.05) is 115 Å². The summed E-state index contributed by atoms with van der Waals surface area (Å²) in [5.74, 6) is 2.74. The molecule has 5 nitrogen and oxygen atoms in total. The van der Waals surface area contributed by atoms with Gasteiger partial charge in [-0.25, -0.2) is 0 Å². The van der Waals surface area contributed by atoms with Gasteiger partial charge in [-0.05, 0) is 84.3 Å². The summed E-state index contributed by atoms with van der Waals surface area (Å²) in [6, 6.07) is 41.8. The molecule has 0 aliphatic heterocycles. The third kappa shape index (κ3) is 9.51. The van der Waals surface area contributed by atoms with E-state index in [1.807, 2.05) is 156 Å². The van der Waals surface area contributed by atoms with Gasteiger partial charge in [-0.15, -0.1) is 26.3 Å². The van der Waals surface area contributed by atoms with Gasteiger partial charge in [0.2, 0.25) is 0 Å². The van der Waals surface area contributed by atoms with Crippen LogP contribution in [-0.4, -0.2) is 0 Å². The second-order valence-electron chi connectivity index (χ2n) is 10.9. The molecule has 5 aromatic rings. The second-order valence-corrected chi connectivity index (χ2v) is 13.7. The number of benzene rings is 5. The van der Waals surface area contributed by atoms with Crippen LogP contribution in [0.15, 0.2) is 178 Å². The van der Waals surface area contributed by atoms with E-state index in [-0.39, 0.29) is 0 Å². The third-order valence-electron chi connectivity index (χ3n) is 7.35. The highest BCUT2D eigenvalue weighted by atomic mass is 31.2. The molecule has 0 heterocycles. The van der Waals surface area contributed by atoms with Gasteiger partial charge >= 0.3 is 17.1 Å². The van der Waals surface area contributed by atoms with E-state index in [0.29, 0.717) is 48.7 Å². The summed E-state index contributed by atoms with van der Waals surface area (Å²) in [7, 11) is -3.94. The maximum atomic E-state index is 6.98. The minimum atomic E-state index is -1.97. The summed E-state index contributed by atoms with van der Waals surface area (Å²) in [6.45, 7) is 15.9. The smallest absolute Gasteiger partial charge is 0.422 e. The van der Waals surface area contributed by atoms with E-state index in [0.717, 1.165) is 27.9 Å². The van der Waals surface area contributed by atoms with Gasteiger partial charge in [0.25, 0.3) is 0 Å². The zero-order chi connectivity index (χ0) is 34.3. The van der Waals surface area contributed by atoms with Crippen LogP contribution in [0.25, 0.3) is 0 Å². The molecule has 0 bridgehead atoms. The lowest BCUT2D eigenvalue weighted by atomic mass is 10.1. The van der Waals surface area contributed by atoms with E-state index in [9.17, 15) is 0 Å². The molecule has 7 heteroatoms. The number of para-hydroxylation sites is 5. The van der Waals surface area contributed by atoms with Gasteiger partial charge in [0.1, 0.15) is 23.0 Å². The standard InChI is InChI=1S/C42H41NO4P2/c1-5-20-34-24-12-16-30-39(34)44-48(45-40-31-17-13-25-35(40)21-6-2)43(38-28-10-9-11-29-38)49(46-41-32-18-14-26-36(41)22-7-3)47-42-33-19-15-27-37(42)23-8-4/h5-19,24-33H,1-4,20-23H2. The summed E-state index contributed by atoms with van der Waals surface area (Å²) in [4.78, 5) is 0. The van der Waals surface area contributed by atoms with E-state index >= 15 is 0 Å². The Morgan fingerprint density at radius 3 is 0.939 bits per heavy atom. The molecule has 0 unspecified atom stereocenters. The molecule has 49 heavy (non-hydrogen) atoms. The van der Waals surface area contributed by atoms with Crippen LogP contribution >= 0.6 is 17.1 Å². The predicted octanol–water partition coefficient (Wildman–Crippen LogP) is 12.2. The Kier molecular flexibility index (Phi) is 13.3. The van der Waals surface area contributed by atoms with Crippen molar-refractivity contribution >= 4 is 22.7 Å². The molecule has 0 spiro atoms. The summed E-state index contributed by atoms with van der Waals surface area (Å²) < 4.78 is 29.9. The molecular formula is C42H41NO4P2. The number of allylic oxidation sites excluding steroid dienone is 4. The summed E-state index contributed by atoms with van der Waals surface area (Å²) in [5, 5.41) is 0. The van der Waals surface area contributed by atoms with Crippen molar-refractivity contribution in [3.05, 3.63) is 200 Å². The van der Waals surface area contributed by atoms with Gasteiger partial charge in [-0.2, -0.15) is 4.44 Å². The maximum absolute atomic E-state index is 6.98. The number of nitrogens with zero attached hydrogens (tertiary/aromatic N) is 1. The predicted molar refractivity (Wildman–Crippen MR) is 207 cm³/mol. The van der Waals surface area contributed by atoms with Crippen molar-refractivity contribution in [2.24, 2.45) is 0 Å². The first-order valence-electron chi connectivity index (χ1n) is 16.1. The first-order valence-corrected chi connectivity index (χ1v) is 18.3. The van der Waals surface area contributed by atoms with E-state index in [2.05, 4.69) is 26.3 Å². The van der Waals surface area contributed by atoms with Crippen LogP contribution in [0.1, 0.15) is 22.3 Å². The molecule has 0 saturated carbocycles. The van der Waals surface area contributed by atoms with Crippen LogP contribution < -0.4 is 22.5 Å². The van der Waals surface area contributed by atoms with Crippen molar-refractivity contribution in [3.8, 4) is 23.0 Å². The fraction of sp³-hybridized carbons (Fsp3) is 0.0952. The molecule has 0 atom stereocenters. The minimum Gasteiger partial charge on any atom is -0.422 e. The highest BCUT2D eigenvalue weighted by molar-refractivity contribution is 7.68. The van der Waals surface area contributed by atoms with Gasteiger partial charge in [0.15, 0.2) is 0 Å². The van der Waals surface area contributed by atoms with Crippen LogP contribution in [0, 0.1) is 0 Å². The molecule has 5 aromatic carbocycles. The van der Waals surface area contributed by atoms with E-state index in [1.165, 1.54) is 0 Å².